The predicted octanol–water partition coefficient (Wildman–Crippen LogP) is 3.14. The van der Waals surface area contributed by atoms with Crippen molar-refractivity contribution in [2.24, 2.45) is 0 Å². The summed E-state index contributed by atoms with van der Waals surface area (Å²) in [5.41, 5.74) is 2.74. The van der Waals surface area contributed by atoms with Gasteiger partial charge in [-0.1, -0.05) is 43.2 Å². The second-order valence-electron chi connectivity index (χ2n) is 7.81. The molecular formula is C23H30N4O3. The maximum absolute atomic E-state index is 13.1. The van der Waals surface area contributed by atoms with Crippen molar-refractivity contribution < 1.29 is 14.3 Å². The Morgan fingerprint density at radius 3 is 2.43 bits per heavy atom. The van der Waals surface area contributed by atoms with Gasteiger partial charge in [-0.3, -0.25) is 9.78 Å². The highest BCUT2D eigenvalue weighted by Crippen LogP contribution is 2.30. The maximum Gasteiger partial charge on any atom is 0.315 e. The minimum atomic E-state index is -0.885. The molecule has 0 atom stereocenters. The van der Waals surface area contributed by atoms with E-state index in [0.29, 0.717) is 19.4 Å². The van der Waals surface area contributed by atoms with Crippen molar-refractivity contribution in [3.05, 3.63) is 58.9 Å². The van der Waals surface area contributed by atoms with Gasteiger partial charge in [0.05, 0.1) is 19.3 Å². The lowest BCUT2D eigenvalue weighted by Gasteiger charge is -2.29. The summed E-state index contributed by atoms with van der Waals surface area (Å²) in [5, 5.41) is 8.76. The average Bonchev–Trinajstić information content (AvgIpc) is 3.22. The standard InChI is InChI=1S/C23H30N4O3/c1-16-13-24-19(17(2)20(16)30-3)15-25-21(28)23(11-7-8-12-23)27-22(29)26-14-18-9-5-4-6-10-18/h4-6,9-10,13H,7-8,11-12,14-15H2,1-3H3,(H,25,28)(H2,26,27,29). The van der Waals surface area contributed by atoms with E-state index >= 15 is 0 Å². The molecule has 0 bridgehead atoms. The molecule has 0 spiro atoms. The fraction of sp³-hybridized carbons (Fsp3) is 0.435. The number of ether oxygens (including phenoxy) is 1. The molecule has 1 aromatic heterocycles. The van der Waals surface area contributed by atoms with E-state index in [4.69, 9.17) is 4.74 Å². The van der Waals surface area contributed by atoms with Crippen molar-refractivity contribution in [3.8, 4) is 5.75 Å². The van der Waals surface area contributed by atoms with E-state index in [1.54, 1.807) is 13.3 Å². The number of carbonyl (C=O) groups excluding carboxylic acids is 2. The molecule has 7 heteroatoms. The molecular weight excluding hydrogens is 380 g/mol. The first kappa shape index (κ1) is 21.6. The maximum atomic E-state index is 13.1. The molecule has 1 aliphatic rings. The molecule has 1 fully saturated rings. The summed E-state index contributed by atoms with van der Waals surface area (Å²) in [4.78, 5) is 30.0. The monoisotopic (exact) mass is 410 g/mol. The van der Waals surface area contributed by atoms with Crippen molar-refractivity contribution >= 4 is 11.9 Å². The van der Waals surface area contributed by atoms with E-state index < -0.39 is 5.54 Å². The molecule has 2 aromatic rings. The Hall–Kier alpha value is -3.09. The van der Waals surface area contributed by atoms with E-state index in [1.807, 2.05) is 44.2 Å². The first-order valence-electron chi connectivity index (χ1n) is 10.3. The third-order valence-electron chi connectivity index (χ3n) is 5.71. The number of methoxy groups -OCH3 is 1. The number of nitrogens with zero attached hydrogens (tertiary/aromatic N) is 1. The van der Waals surface area contributed by atoms with Crippen LogP contribution >= 0.6 is 0 Å². The SMILES string of the molecule is COc1c(C)cnc(CNC(=O)C2(NC(=O)NCc3ccccc3)CCCC2)c1C. The van der Waals surface area contributed by atoms with E-state index in [9.17, 15) is 9.59 Å². The number of hydrogen-bond acceptors (Lipinski definition) is 4. The van der Waals surface area contributed by atoms with Crippen LogP contribution in [0.2, 0.25) is 0 Å². The molecule has 160 valence electrons. The highest BCUT2D eigenvalue weighted by Gasteiger charge is 2.42. The predicted molar refractivity (Wildman–Crippen MR) is 115 cm³/mol. The van der Waals surface area contributed by atoms with Crippen molar-refractivity contribution in [2.45, 2.75) is 58.2 Å². The molecule has 3 N–H and O–H groups in total. The van der Waals surface area contributed by atoms with Crippen LogP contribution in [0.25, 0.3) is 0 Å². The van der Waals surface area contributed by atoms with Crippen LogP contribution in [-0.2, 0) is 17.9 Å². The smallest absolute Gasteiger partial charge is 0.315 e. The molecule has 1 saturated carbocycles. The van der Waals surface area contributed by atoms with E-state index in [1.165, 1.54) is 0 Å². The molecule has 1 heterocycles. The number of carbonyl (C=O) groups is 2. The molecule has 0 aliphatic heterocycles. The zero-order valence-electron chi connectivity index (χ0n) is 17.9. The Kier molecular flexibility index (Phi) is 6.92. The van der Waals surface area contributed by atoms with E-state index in [0.717, 1.165) is 41.0 Å². The topological polar surface area (TPSA) is 92.3 Å². The fourth-order valence-corrected chi connectivity index (χ4v) is 4.01. The zero-order chi connectivity index (χ0) is 21.6. The Morgan fingerprint density at radius 2 is 1.77 bits per heavy atom. The van der Waals surface area contributed by atoms with Gasteiger partial charge in [-0.25, -0.2) is 4.79 Å². The quantitative estimate of drug-likeness (QED) is 0.654. The average molecular weight is 411 g/mol. The number of aryl methyl sites for hydroxylation is 1. The highest BCUT2D eigenvalue weighted by atomic mass is 16.5. The molecule has 1 aliphatic carbocycles. The minimum absolute atomic E-state index is 0.171. The zero-order valence-corrected chi connectivity index (χ0v) is 17.9. The molecule has 0 unspecified atom stereocenters. The molecule has 1 aromatic carbocycles. The van der Waals surface area contributed by atoms with Crippen LogP contribution in [0.4, 0.5) is 4.79 Å². The molecule has 3 amide bonds. The van der Waals surface area contributed by atoms with Gasteiger partial charge >= 0.3 is 6.03 Å². The Bertz CT molecular complexity index is 893. The minimum Gasteiger partial charge on any atom is -0.496 e. The Labute approximate surface area is 177 Å². The second-order valence-corrected chi connectivity index (χ2v) is 7.81. The van der Waals surface area contributed by atoms with Crippen molar-refractivity contribution in [1.82, 2.24) is 20.9 Å². The van der Waals surface area contributed by atoms with Gasteiger partial charge in [0.15, 0.2) is 0 Å². The summed E-state index contributed by atoms with van der Waals surface area (Å²) < 4.78 is 5.44. The van der Waals surface area contributed by atoms with Gasteiger partial charge in [-0.2, -0.15) is 0 Å². The Balaban J connectivity index is 1.62. The molecule has 3 rings (SSSR count). The van der Waals surface area contributed by atoms with Gasteiger partial charge < -0.3 is 20.7 Å². The van der Waals surface area contributed by atoms with Gasteiger partial charge in [0, 0.05) is 23.9 Å². The lowest BCUT2D eigenvalue weighted by atomic mass is 9.96. The molecule has 0 saturated heterocycles. The molecule has 0 radical (unpaired) electrons. The van der Waals surface area contributed by atoms with Gasteiger partial charge in [-0.15, -0.1) is 0 Å². The number of rotatable bonds is 7. The van der Waals surface area contributed by atoms with Gasteiger partial charge in [0.25, 0.3) is 0 Å². The first-order chi connectivity index (χ1) is 14.4. The summed E-state index contributed by atoms with van der Waals surface area (Å²) in [7, 11) is 1.63. The van der Waals surface area contributed by atoms with E-state index in [-0.39, 0.29) is 18.5 Å². The number of aromatic nitrogens is 1. The fourth-order valence-electron chi connectivity index (χ4n) is 4.01. The first-order valence-corrected chi connectivity index (χ1v) is 10.3. The molecule has 7 nitrogen and oxygen atoms in total. The van der Waals surface area contributed by atoms with Crippen LogP contribution in [0.1, 0.15) is 48.1 Å². The summed E-state index contributed by atoms with van der Waals surface area (Å²) in [6, 6.07) is 9.35. The summed E-state index contributed by atoms with van der Waals surface area (Å²) in [5.74, 6) is 0.610. The van der Waals surface area contributed by atoms with Crippen LogP contribution in [0.15, 0.2) is 36.5 Å². The van der Waals surface area contributed by atoms with Crippen LogP contribution < -0.4 is 20.7 Å². The molecule has 30 heavy (non-hydrogen) atoms. The highest BCUT2D eigenvalue weighted by molar-refractivity contribution is 5.91. The van der Waals surface area contributed by atoms with Gasteiger partial charge in [-0.05, 0) is 32.3 Å². The van der Waals surface area contributed by atoms with Crippen LogP contribution in [0.3, 0.4) is 0 Å². The number of amides is 3. The van der Waals surface area contributed by atoms with Crippen LogP contribution in [0.5, 0.6) is 5.75 Å². The number of hydrogen-bond donors (Lipinski definition) is 3. The normalized spacial score (nSPS) is 14.8. The number of pyridine rings is 1. The third kappa shape index (κ3) is 4.90. The summed E-state index contributed by atoms with van der Waals surface area (Å²) in [6.45, 7) is 4.57. The van der Waals surface area contributed by atoms with Crippen LogP contribution in [-0.4, -0.2) is 29.6 Å². The van der Waals surface area contributed by atoms with Gasteiger partial charge in [0.2, 0.25) is 5.91 Å². The van der Waals surface area contributed by atoms with Crippen molar-refractivity contribution in [2.75, 3.05) is 7.11 Å². The van der Waals surface area contributed by atoms with Crippen LogP contribution in [0, 0.1) is 13.8 Å². The second kappa shape index (κ2) is 9.61. The lowest BCUT2D eigenvalue weighted by molar-refractivity contribution is -0.127. The number of urea groups is 1. The summed E-state index contributed by atoms with van der Waals surface area (Å²) >= 11 is 0. The number of nitrogens with one attached hydrogen (secondary N) is 3. The Morgan fingerprint density at radius 1 is 1.07 bits per heavy atom. The number of benzene rings is 1. The summed E-state index contributed by atoms with van der Waals surface area (Å²) in [6.07, 6.45) is 4.81. The third-order valence-corrected chi connectivity index (χ3v) is 5.71. The van der Waals surface area contributed by atoms with Gasteiger partial charge in [0.1, 0.15) is 11.3 Å². The van der Waals surface area contributed by atoms with Crippen molar-refractivity contribution in [3.63, 3.8) is 0 Å². The van der Waals surface area contributed by atoms with Crippen molar-refractivity contribution in [1.29, 1.82) is 0 Å². The lowest BCUT2D eigenvalue weighted by Crippen LogP contribution is -2.59. The van der Waals surface area contributed by atoms with E-state index in [2.05, 4.69) is 20.9 Å². The largest absolute Gasteiger partial charge is 0.496 e.